The van der Waals surface area contributed by atoms with Crippen LogP contribution in [0.3, 0.4) is 0 Å². The number of hydrogen-bond acceptors (Lipinski definition) is 4. The lowest BCUT2D eigenvalue weighted by molar-refractivity contribution is 0.0443. The summed E-state index contributed by atoms with van der Waals surface area (Å²) < 4.78 is 10.1. The Morgan fingerprint density at radius 2 is 2.11 bits per heavy atom. The van der Waals surface area contributed by atoms with E-state index in [4.69, 9.17) is 9.47 Å². The maximum Gasteiger partial charge on any atom is 0.315 e. The van der Waals surface area contributed by atoms with E-state index in [1.165, 1.54) is 0 Å². The Labute approximate surface area is 108 Å². The van der Waals surface area contributed by atoms with Crippen LogP contribution in [0.15, 0.2) is 0 Å². The van der Waals surface area contributed by atoms with Crippen LogP contribution in [-0.4, -0.2) is 70.6 Å². The molecule has 0 unspecified atom stereocenters. The average Bonchev–Trinajstić information content (AvgIpc) is 2.40. The third-order valence-corrected chi connectivity index (χ3v) is 2.46. The van der Waals surface area contributed by atoms with Gasteiger partial charge in [0.05, 0.1) is 32.9 Å². The number of hydrogen-bond donors (Lipinski definition) is 2. The van der Waals surface area contributed by atoms with Crippen molar-refractivity contribution in [3.8, 4) is 11.8 Å². The van der Waals surface area contributed by atoms with E-state index in [0.29, 0.717) is 19.7 Å². The second-order valence-electron chi connectivity index (χ2n) is 3.84. The topological polar surface area (TPSA) is 62.8 Å². The Hall–Kier alpha value is -1.29. The number of rotatable bonds is 5. The summed E-state index contributed by atoms with van der Waals surface area (Å²) in [5, 5.41) is 5.31. The summed E-state index contributed by atoms with van der Waals surface area (Å²) in [4.78, 5) is 13.4. The van der Waals surface area contributed by atoms with Gasteiger partial charge < -0.3 is 20.1 Å². The van der Waals surface area contributed by atoms with E-state index in [0.717, 1.165) is 32.8 Å². The lowest BCUT2D eigenvalue weighted by atomic mass is 10.4. The van der Waals surface area contributed by atoms with Crippen molar-refractivity contribution in [3.05, 3.63) is 0 Å². The van der Waals surface area contributed by atoms with Crippen LogP contribution in [0.5, 0.6) is 0 Å². The molecule has 1 aliphatic rings. The summed E-state index contributed by atoms with van der Waals surface area (Å²) in [6.07, 6.45) is 0. The lowest BCUT2D eigenvalue weighted by Crippen LogP contribution is -2.37. The van der Waals surface area contributed by atoms with Crippen molar-refractivity contribution in [3.63, 3.8) is 0 Å². The summed E-state index contributed by atoms with van der Waals surface area (Å²) in [5.74, 6) is 5.95. The molecule has 0 atom stereocenters. The number of ether oxygens (including phenoxy) is 2. The molecule has 102 valence electrons. The van der Waals surface area contributed by atoms with Crippen LogP contribution < -0.4 is 10.6 Å². The van der Waals surface area contributed by atoms with E-state index in [1.54, 1.807) is 7.11 Å². The first kappa shape index (κ1) is 14.8. The maximum absolute atomic E-state index is 11.2. The predicted octanol–water partition coefficient (Wildman–Crippen LogP) is -0.732. The van der Waals surface area contributed by atoms with Gasteiger partial charge in [0.15, 0.2) is 0 Å². The molecule has 1 heterocycles. The van der Waals surface area contributed by atoms with E-state index >= 15 is 0 Å². The molecule has 6 heteroatoms. The second kappa shape index (κ2) is 9.71. The summed E-state index contributed by atoms with van der Waals surface area (Å²) in [6, 6.07) is -0.215. The lowest BCUT2D eigenvalue weighted by Gasteiger charge is -2.24. The zero-order chi connectivity index (χ0) is 13.1. The number of amides is 2. The first-order valence-electron chi connectivity index (χ1n) is 6.09. The van der Waals surface area contributed by atoms with Crippen molar-refractivity contribution >= 4 is 6.03 Å². The highest BCUT2D eigenvalue weighted by Crippen LogP contribution is 1.94. The van der Waals surface area contributed by atoms with Gasteiger partial charge in [-0.3, -0.25) is 4.90 Å². The van der Waals surface area contributed by atoms with Gasteiger partial charge >= 0.3 is 6.03 Å². The summed E-state index contributed by atoms with van der Waals surface area (Å²) in [7, 11) is 1.59. The van der Waals surface area contributed by atoms with Crippen LogP contribution in [0.1, 0.15) is 0 Å². The quantitative estimate of drug-likeness (QED) is 0.502. The molecule has 0 spiro atoms. The molecule has 2 amide bonds. The molecule has 18 heavy (non-hydrogen) atoms. The largest absolute Gasteiger partial charge is 0.383 e. The van der Waals surface area contributed by atoms with Gasteiger partial charge in [-0.1, -0.05) is 11.8 Å². The molecule has 2 N–H and O–H groups in total. The molecule has 6 nitrogen and oxygen atoms in total. The number of nitrogens with zero attached hydrogens (tertiary/aromatic N) is 1. The highest BCUT2D eigenvalue weighted by atomic mass is 16.5. The molecule has 0 aliphatic carbocycles. The second-order valence-corrected chi connectivity index (χ2v) is 3.84. The Kier molecular flexibility index (Phi) is 7.97. The highest BCUT2D eigenvalue weighted by Gasteiger charge is 2.07. The Morgan fingerprint density at radius 3 is 2.83 bits per heavy atom. The first-order chi connectivity index (χ1) is 8.83. The zero-order valence-electron chi connectivity index (χ0n) is 10.8. The standard InChI is InChI=1S/C12H21N3O3/c1-17-9-5-14-12(16)13-4-2-3-6-15-7-10-18-11-8-15/h4-11H2,1H3,(H2,13,14,16). The molecule has 1 aliphatic heterocycles. The molecule has 0 radical (unpaired) electrons. The van der Waals surface area contributed by atoms with Gasteiger partial charge in [0.2, 0.25) is 0 Å². The van der Waals surface area contributed by atoms with Crippen LogP contribution in [0, 0.1) is 11.8 Å². The zero-order valence-corrected chi connectivity index (χ0v) is 10.8. The van der Waals surface area contributed by atoms with Crippen molar-refractivity contribution in [2.24, 2.45) is 0 Å². The fourth-order valence-corrected chi connectivity index (χ4v) is 1.44. The molecule has 0 saturated carbocycles. The number of carbonyl (C=O) groups excluding carboxylic acids is 1. The highest BCUT2D eigenvalue weighted by molar-refractivity contribution is 5.74. The summed E-state index contributed by atoms with van der Waals surface area (Å²) in [5.41, 5.74) is 0. The van der Waals surface area contributed by atoms with Crippen LogP contribution in [-0.2, 0) is 9.47 Å². The van der Waals surface area contributed by atoms with E-state index < -0.39 is 0 Å². The molecule has 1 rings (SSSR count). The predicted molar refractivity (Wildman–Crippen MR) is 68.3 cm³/mol. The smallest absolute Gasteiger partial charge is 0.315 e. The number of urea groups is 1. The SMILES string of the molecule is COCCNC(=O)NCC#CCN1CCOCC1. The minimum Gasteiger partial charge on any atom is -0.383 e. The number of nitrogens with one attached hydrogen (secondary N) is 2. The van der Waals surface area contributed by atoms with Gasteiger partial charge in [0, 0.05) is 26.7 Å². The summed E-state index contributed by atoms with van der Waals surface area (Å²) >= 11 is 0. The van der Waals surface area contributed by atoms with E-state index in [9.17, 15) is 4.79 Å². The van der Waals surface area contributed by atoms with Crippen molar-refractivity contribution in [1.29, 1.82) is 0 Å². The molecule has 0 aromatic heterocycles. The van der Waals surface area contributed by atoms with Crippen LogP contribution in [0.2, 0.25) is 0 Å². The molecular formula is C12H21N3O3. The molecule has 1 saturated heterocycles. The fourth-order valence-electron chi connectivity index (χ4n) is 1.44. The van der Waals surface area contributed by atoms with Gasteiger partial charge in [-0.05, 0) is 0 Å². The van der Waals surface area contributed by atoms with Gasteiger partial charge in [-0.25, -0.2) is 4.79 Å². The van der Waals surface area contributed by atoms with Gasteiger partial charge in [-0.15, -0.1) is 0 Å². The van der Waals surface area contributed by atoms with Gasteiger partial charge in [0.25, 0.3) is 0 Å². The monoisotopic (exact) mass is 255 g/mol. The van der Waals surface area contributed by atoms with E-state index in [-0.39, 0.29) is 6.03 Å². The van der Waals surface area contributed by atoms with Crippen molar-refractivity contribution in [2.45, 2.75) is 0 Å². The third-order valence-electron chi connectivity index (χ3n) is 2.46. The van der Waals surface area contributed by atoms with E-state index in [2.05, 4.69) is 27.4 Å². The van der Waals surface area contributed by atoms with Gasteiger partial charge in [0.1, 0.15) is 0 Å². The Bertz CT molecular complexity index is 293. The maximum atomic E-state index is 11.2. The van der Waals surface area contributed by atoms with Crippen molar-refractivity contribution in [1.82, 2.24) is 15.5 Å². The van der Waals surface area contributed by atoms with Crippen LogP contribution in [0.25, 0.3) is 0 Å². The average molecular weight is 255 g/mol. The molecule has 0 aromatic rings. The number of methoxy groups -OCH3 is 1. The van der Waals surface area contributed by atoms with E-state index in [1.807, 2.05) is 0 Å². The molecule has 0 bridgehead atoms. The minimum atomic E-state index is -0.215. The van der Waals surface area contributed by atoms with Crippen LogP contribution >= 0.6 is 0 Å². The molecular weight excluding hydrogens is 234 g/mol. The first-order valence-corrected chi connectivity index (χ1v) is 6.09. The van der Waals surface area contributed by atoms with Crippen LogP contribution in [0.4, 0.5) is 4.79 Å². The molecule has 0 aromatic carbocycles. The number of carbonyl (C=O) groups is 1. The van der Waals surface area contributed by atoms with Crippen molar-refractivity contribution in [2.75, 3.05) is 59.7 Å². The normalized spacial score (nSPS) is 15.6. The fraction of sp³-hybridized carbons (Fsp3) is 0.750. The summed E-state index contributed by atoms with van der Waals surface area (Å²) in [6.45, 7) is 5.53. The Morgan fingerprint density at radius 1 is 1.33 bits per heavy atom. The Balaban J connectivity index is 2.00. The minimum absolute atomic E-state index is 0.215. The molecule has 1 fully saturated rings. The van der Waals surface area contributed by atoms with Crippen molar-refractivity contribution < 1.29 is 14.3 Å². The number of morpholine rings is 1. The third kappa shape index (κ3) is 7.12. The van der Waals surface area contributed by atoms with Gasteiger partial charge in [-0.2, -0.15) is 0 Å².